The van der Waals surface area contributed by atoms with E-state index in [1.165, 1.54) is 0 Å². The van der Waals surface area contributed by atoms with E-state index in [0.29, 0.717) is 36.5 Å². The van der Waals surface area contributed by atoms with Gasteiger partial charge in [-0.05, 0) is 56.4 Å². The minimum Gasteiger partial charge on any atom is -0.497 e. The Balaban J connectivity index is 1.24. The highest BCUT2D eigenvalue weighted by Gasteiger charge is 2.36. The number of nitrogens with one attached hydrogen (secondary N) is 2. The molecule has 2 aliphatic rings. The number of aromatic nitrogens is 3. The van der Waals surface area contributed by atoms with E-state index >= 15 is 0 Å². The monoisotopic (exact) mass is 459 g/mol. The number of rotatable bonds is 8. The van der Waals surface area contributed by atoms with E-state index in [4.69, 9.17) is 9.47 Å². The number of carbonyl (C=O) groups excluding carboxylic acids is 1. The average molecular weight is 460 g/mol. The number of anilines is 1. The molecule has 10 nitrogen and oxygen atoms in total. The molecule has 1 aromatic heterocycles. The number of hydrogen-bond donors (Lipinski definition) is 4. The molecule has 0 bridgehead atoms. The molecular weight excluding hydrogens is 426 g/mol. The van der Waals surface area contributed by atoms with Crippen LogP contribution in [0.1, 0.15) is 50.6 Å². The van der Waals surface area contributed by atoms with Gasteiger partial charge in [-0.1, -0.05) is 18.1 Å². The molecule has 2 aromatic rings. The van der Waals surface area contributed by atoms with Crippen LogP contribution < -0.4 is 15.4 Å². The SMILES string of the molecule is COc1ccc(NC(=O)N[C@H]2CC[C@@H](CCn3cc(C4(O)CCCC4)nn3)O[C@@H]2CO)cc1. The molecule has 4 N–H and O–H groups in total. The number of nitrogens with zero attached hydrogens (tertiary/aromatic N) is 3. The molecule has 1 saturated heterocycles. The Morgan fingerprint density at radius 3 is 2.73 bits per heavy atom. The third kappa shape index (κ3) is 5.82. The average Bonchev–Trinajstić information content (AvgIpc) is 3.49. The van der Waals surface area contributed by atoms with Crippen LogP contribution in [0, 0.1) is 0 Å². The van der Waals surface area contributed by atoms with Crippen LogP contribution in [0.3, 0.4) is 0 Å². The third-order valence-electron chi connectivity index (χ3n) is 6.59. The number of urea groups is 1. The van der Waals surface area contributed by atoms with E-state index in [1.54, 1.807) is 36.1 Å². The zero-order valence-corrected chi connectivity index (χ0v) is 18.9. The van der Waals surface area contributed by atoms with Crippen molar-refractivity contribution < 1.29 is 24.5 Å². The number of ether oxygens (including phenoxy) is 2. The number of carbonyl (C=O) groups is 1. The van der Waals surface area contributed by atoms with Crippen LogP contribution >= 0.6 is 0 Å². The summed E-state index contributed by atoms with van der Waals surface area (Å²) in [6, 6.07) is 6.44. The van der Waals surface area contributed by atoms with Crippen LogP contribution in [0.5, 0.6) is 5.75 Å². The molecule has 3 atom stereocenters. The van der Waals surface area contributed by atoms with Crippen molar-refractivity contribution in [3.63, 3.8) is 0 Å². The van der Waals surface area contributed by atoms with Crippen molar-refractivity contribution in [3.8, 4) is 5.75 Å². The Bertz CT molecular complexity index is 912. The quantitative estimate of drug-likeness (QED) is 0.476. The van der Waals surface area contributed by atoms with Gasteiger partial charge in [0.15, 0.2) is 0 Å². The molecule has 2 fully saturated rings. The van der Waals surface area contributed by atoms with Crippen molar-refractivity contribution in [2.45, 2.75) is 75.3 Å². The van der Waals surface area contributed by atoms with E-state index < -0.39 is 11.7 Å². The lowest BCUT2D eigenvalue weighted by Crippen LogP contribution is -2.52. The first-order chi connectivity index (χ1) is 16.0. The second-order valence-electron chi connectivity index (χ2n) is 8.88. The van der Waals surface area contributed by atoms with Gasteiger partial charge >= 0.3 is 6.03 Å². The van der Waals surface area contributed by atoms with Crippen molar-refractivity contribution in [3.05, 3.63) is 36.2 Å². The molecule has 180 valence electrons. The summed E-state index contributed by atoms with van der Waals surface area (Å²) in [6.45, 7) is 0.437. The molecule has 1 aliphatic heterocycles. The van der Waals surface area contributed by atoms with E-state index in [-0.39, 0.29) is 24.8 Å². The van der Waals surface area contributed by atoms with Crippen LogP contribution in [-0.2, 0) is 16.9 Å². The van der Waals surface area contributed by atoms with Crippen LogP contribution in [-0.4, -0.2) is 63.2 Å². The first-order valence-electron chi connectivity index (χ1n) is 11.6. The number of methoxy groups -OCH3 is 1. The smallest absolute Gasteiger partial charge is 0.319 e. The largest absolute Gasteiger partial charge is 0.497 e. The fourth-order valence-corrected chi connectivity index (χ4v) is 4.63. The van der Waals surface area contributed by atoms with E-state index in [1.807, 2.05) is 6.20 Å². The molecule has 0 spiro atoms. The summed E-state index contributed by atoms with van der Waals surface area (Å²) in [5, 5.41) is 34.5. The second kappa shape index (κ2) is 10.5. The number of aliphatic hydroxyl groups is 2. The summed E-state index contributed by atoms with van der Waals surface area (Å²) in [5.74, 6) is 0.713. The Labute approximate surface area is 193 Å². The van der Waals surface area contributed by atoms with Crippen LogP contribution in [0.15, 0.2) is 30.5 Å². The van der Waals surface area contributed by atoms with Gasteiger partial charge in [-0.15, -0.1) is 5.10 Å². The maximum Gasteiger partial charge on any atom is 0.319 e. The van der Waals surface area contributed by atoms with Gasteiger partial charge in [0.05, 0.1) is 32.1 Å². The van der Waals surface area contributed by atoms with Gasteiger partial charge in [0.1, 0.15) is 23.1 Å². The molecular formula is C23H33N5O5. The first-order valence-corrected chi connectivity index (χ1v) is 11.6. The molecule has 1 aliphatic carbocycles. The lowest BCUT2D eigenvalue weighted by molar-refractivity contribution is -0.0905. The summed E-state index contributed by atoms with van der Waals surface area (Å²) in [5.41, 5.74) is 0.454. The summed E-state index contributed by atoms with van der Waals surface area (Å²) in [7, 11) is 1.59. The Morgan fingerprint density at radius 1 is 1.27 bits per heavy atom. The Morgan fingerprint density at radius 2 is 2.03 bits per heavy atom. The van der Waals surface area contributed by atoms with Crippen LogP contribution in [0.2, 0.25) is 0 Å². The highest BCUT2D eigenvalue weighted by Crippen LogP contribution is 2.37. The predicted octanol–water partition coefficient (Wildman–Crippen LogP) is 2.17. The second-order valence-corrected chi connectivity index (χ2v) is 8.88. The predicted molar refractivity (Wildman–Crippen MR) is 121 cm³/mol. The highest BCUT2D eigenvalue weighted by molar-refractivity contribution is 5.89. The highest BCUT2D eigenvalue weighted by atomic mass is 16.5. The summed E-state index contributed by atoms with van der Waals surface area (Å²) in [6.07, 6.45) is 6.96. The lowest BCUT2D eigenvalue weighted by Gasteiger charge is -2.36. The third-order valence-corrected chi connectivity index (χ3v) is 6.59. The van der Waals surface area contributed by atoms with E-state index in [0.717, 1.165) is 32.1 Å². The zero-order chi connectivity index (χ0) is 23.3. The van der Waals surface area contributed by atoms with Gasteiger partial charge < -0.3 is 30.3 Å². The topological polar surface area (TPSA) is 131 Å². The Hall–Kier alpha value is -2.69. The van der Waals surface area contributed by atoms with Crippen molar-refractivity contribution in [1.29, 1.82) is 0 Å². The number of benzene rings is 1. The van der Waals surface area contributed by atoms with E-state index in [2.05, 4.69) is 20.9 Å². The maximum atomic E-state index is 12.4. The van der Waals surface area contributed by atoms with Crippen molar-refractivity contribution >= 4 is 11.7 Å². The van der Waals surface area contributed by atoms with Crippen molar-refractivity contribution in [1.82, 2.24) is 20.3 Å². The summed E-state index contributed by atoms with van der Waals surface area (Å²) < 4.78 is 12.9. The van der Waals surface area contributed by atoms with Crippen molar-refractivity contribution in [2.24, 2.45) is 0 Å². The lowest BCUT2D eigenvalue weighted by atomic mass is 9.97. The minimum absolute atomic E-state index is 0.0490. The number of aliphatic hydroxyl groups excluding tert-OH is 1. The molecule has 4 rings (SSSR count). The molecule has 0 unspecified atom stereocenters. The number of hydrogen-bond acceptors (Lipinski definition) is 7. The van der Waals surface area contributed by atoms with Gasteiger partial charge in [-0.25, -0.2) is 4.79 Å². The van der Waals surface area contributed by atoms with Crippen LogP contribution in [0.25, 0.3) is 0 Å². The first kappa shape index (κ1) is 23.5. The maximum absolute atomic E-state index is 12.4. The van der Waals surface area contributed by atoms with Gasteiger partial charge in [0, 0.05) is 12.2 Å². The summed E-state index contributed by atoms with van der Waals surface area (Å²) >= 11 is 0. The molecule has 33 heavy (non-hydrogen) atoms. The van der Waals surface area contributed by atoms with Gasteiger partial charge in [-0.3, -0.25) is 4.68 Å². The number of aryl methyl sites for hydroxylation is 1. The van der Waals surface area contributed by atoms with Crippen LogP contribution in [0.4, 0.5) is 10.5 Å². The normalized spacial score (nSPS) is 24.4. The summed E-state index contributed by atoms with van der Waals surface area (Å²) in [4.78, 5) is 12.4. The fourth-order valence-electron chi connectivity index (χ4n) is 4.63. The van der Waals surface area contributed by atoms with Gasteiger partial charge in [-0.2, -0.15) is 0 Å². The molecule has 1 saturated carbocycles. The Kier molecular flexibility index (Phi) is 7.46. The standard InChI is InChI=1S/C23H33N5O5/c1-32-17-6-4-16(5-7-17)24-22(30)25-19-9-8-18(33-20(19)15-29)10-13-28-14-21(26-27-28)23(31)11-2-3-12-23/h4-7,14,18-20,29,31H,2-3,8-13,15H2,1H3,(H2,24,25,30)/t18-,19-,20+/m0/s1. The van der Waals surface area contributed by atoms with E-state index in [9.17, 15) is 15.0 Å². The molecule has 2 heterocycles. The minimum atomic E-state index is -0.840. The molecule has 1 aromatic carbocycles. The molecule has 2 amide bonds. The van der Waals surface area contributed by atoms with Gasteiger partial charge in [0.25, 0.3) is 0 Å². The van der Waals surface area contributed by atoms with Gasteiger partial charge in [0.2, 0.25) is 0 Å². The molecule has 0 radical (unpaired) electrons. The van der Waals surface area contributed by atoms with Crippen molar-refractivity contribution in [2.75, 3.05) is 19.0 Å². The zero-order valence-electron chi connectivity index (χ0n) is 18.9. The number of amides is 2. The molecule has 10 heteroatoms. The fraction of sp³-hybridized carbons (Fsp3) is 0.609.